The third-order valence-corrected chi connectivity index (χ3v) is 4.45. The van der Waals surface area contributed by atoms with Crippen LogP contribution in [0.5, 0.6) is 0 Å². The first kappa shape index (κ1) is 18.7. The average Bonchev–Trinajstić information content (AvgIpc) is 2.94. The number of imidazole rings is 1. The fourth-order valence-corrected chi connectivity index (χ4v) is 2.98. The van der Waals surface area contributed by atoms with Gasteiger partial charge in [0.25, 0.3) is 0 Å². The molecule has 0 aliphatic carbocycles. The van der Waals surface area contributed by atoms with E-state index in [0.29, 0.717) is 19.0 Å². The van der Waals surface area contributed by atoms with Crippen molar-refractivity contribution >= 4 is 29.7 Å². The van der Waals surface area contributed by atoms with Gasteiger partial charge in [-0.25, -0.2) is 9.78 Å². The Morgan fingerprint density at radius 3 is 2.58 bits per heavy atom. The number of rotatable bonds is 3. The zero-order valence-corrected chi connectivity index (χ0v) is 16.0. The standard InChI is InChI=1S/C18H26BN3O4/c1-17(2,3)22(16(23)24)9-14-20-13-8-6-7-12(15(13)21-14)19-25-10-18(4,5)11-26-19/h6-8H,9-11H2,1-5H3,(H,20,21)(H,23,24). The van der Waals surface area contributed by atoms with Crippen LogP contribution >= 0.6 is 0 Å². The molecule has 7 nitrogen and oxygen atoms in total. The normalized spacial score (nSPS) is 17.5. The zero-order chi connectivity index (χ0) is 19.1. The second kappa shape index (κ2) is 6.59. The van der Waals surface area contributed by atoms with Gasteiger partial charge in [-0.05, 0) is 26.8 Å². The van der Waals surface area contributed by atoms with Crippen LogP contribution in [0, 0.1) is 5.41 Å². The third kappa shape index (κ3) is 3.86. The molecule has 0 bridgehead atoms. The van der Waals surface area contributed by atoms with E-state index in [2.05, 4.69) is 23.8 Å². The van der Waals surface area contributed by atoms with Gasteiger partial charge in [0.2, 0.25) is 0 Å². The van der Waals surface area contributed by atoms with Crippen LogP contribution < -0.4 is 5.46 Å². The lowest BCUT2D eigenvalue weighted by Crippen LogP contribution is -2.47. The highest BCUT2D eigenvalue weighted by Crippen LogP contribution is 2.23. The summed E-state index contributed by atoms with van der Waals surface area (Å²) in [6.45, 7) is 11.2. The minimum absolute atomic E-state index is 0.00414. The number of carbonyl (C=O) groups is 1. The van der Waals surface area contributed by atoms with E-state index in [9.17, 15) is 9.90 Å². The van der Waals surface area contributed by atoms with Crippen LogP contribution in [0.3, 0.4) is 0 Å². The maximum atomic E-state index is 11.6. The summed E-state index contributed by atoms with van der Waals surface area (Å²) in [5.74, 6) is 0.598. The number of nitrogens with one attached hydrogen (secondary N) is 1. The summed E-state index contributed by atoms with van der Waals surface area (Å²) in [4.78, 5) is 20.8. The van der Waals surface area contributed by atoms with Crippen LogP contribution in [0.2, 0.25) is 0 Å². The summed E-state index contributed by atoms with van der Waals surface area (Å²) in [5.41, 5.74) is 1.93. The van der Waals surface area contributed by atoms with Crippen LogP contribution in [-0.4, -0.2) is 51.9 Å². The van der Waals surface area contributed by atoms with E-state index in [1.165, 1.54) is 4.90 Å². The van der Waals surface area contributed by atoms with Crippen molar-refractivity contribution in [1.29, 1.82) is 0 Å². The van der Waals surface area contributed by atoms with Crippen molar-refractivity contribution in [1.82, 2.24) is 14.9 Å². The lowest BCUT2D eigenvalue weighted by Gasteiger charge is -2.33. The molecule has 1 aromatic carbocycles. The monoisotopic (exact) mass is 359 g/mol. The Balaban J connectivity index is 1.89. The van der Waals surface area contributed by atoms with E-state index >= 15 is 0 Å². The number of H-pyrrole nitrogens is 1. The minimum atomic E-state index is -0.973. The van der Waals surface area contributed by atoms with Gasteiger partial charge in [0, 0.05) is 29.6 Å². The molecule has 0 unspecified atom stereocenters. The van der Waals surface area contributed by atoms with Gasteiger partial charge in [0.05, 0.1) is 17.6 Å². The van der Waals surface area contributed by atoms with Crippen molar-refractivity contribution in [3.63, 3.8) is 0 Å². The number of carboxylic acid groups (broad SMARTS) is 1. The van der Waals surface area contributed by atoms with E-state index in [1.54, 1.807) is 0 Å². The van der Waals surface area contributed by atoms with E-state index in [1.807, 2.05) is 39.0 Å². The highest BCUT2D eigenvalue weighted by Gasteiger charge is 2.35. The maximum absolute atomic E-state index is 11.6. The molecule has 0 spiro atoms. The number of benzene rings is 1. The quantitative estimate of drug-likeness (QED) is 0.823. The molecule has 1 aromatic heterocycles. The number of hydrogen-bond donors (Lipinski definition) is 2. The molecule has 1 aliphatic rings. The molecule has 1 fully saturated rings. The van der Waals surface area contributed by atoms with E-state index in [4.69, 9.17) is 9.31 Å². The van der Waals surface area contributed by atoms with Crippen molar-refractivity contribution in [3.05, 3.63) is 24.0 Å². The fourth-order valence-electron chi connectivity index (χ4n) is 2.98. The van der Waals surface area contributed by atoms with Gasteiger partial charge in [0.1, 0.15) is 5.82 Å². The molecule has 3 rings (SSSR count). The molecule has 26 heavy (non-hydrogen) atoms. The van der Waals surface area contributed by atoms with Crippen LogP contribution in [0.4, 0.5) is 4.79 Å². The van der Waals surface area contributed by atoms with Crippen LogP contribution in [0.15, 0.2) is 18.2 Å². The fraction of sp³-hybridized carbons (Fsp3) is 0.556. The SMILES string of the molecule is CC1(C)COB(c2cccc3[nH]c(CN(C(=O)O)C(C)(C)C)nc23)OC1. The third-order valence-electron chi connectivity index (χ3n) is 4.45. The molecule has 0 radical (unpaired) electrons. The molecule has 8 heteroatoms. The summed E-state index contributed by atoms with van der Waals surface area (Å²) in [6.07, 6.45) is -0.973. The molecular formula is C18H26BN3O4. The van der Waals surface area contributed by atoms with E-state index < -0.39 is 18.8 Å². The van der Waals surface area contributed by atoms with Crippen molar-refractivity contribution in [2.75, 3.05) is 13.2 Å². The van der Waals surface area contributed by atoms with Crippen LogP contribution in [-0.2, 0) is 15.9 Å². The second-order valence-corrected chi connectivity index (χ2v) is 8.58. The Morgan fingerprint density at radius 2 is 2.00 bits per heavy atom. The summed E-state index contributed by atoms with van der Waals surface area (Å²) in [7, 11) is -0.457. The molecule has 2 heterocycles. The van der Waals surface area contributed by atoms with Gasteiger partial charge < -0.3 is 19.4 Å². The summed E-state index contributed by atoms with van der Waals surface area (Å²) in [6, 6.07) is 5.78. The number of aromatic nitrogens is 2. The number of hydrogen-bond acceptors (Lipinski definition) is 4. The minimum Gasteiger partial charge on any atom is -0.465 e. The molecule has 0 saturated carbocycles. The van der Waals surface area contributed by atoms with Crippen molar-refractivity contribution in [3.8, 4) is 0 Å². The first-order valence-corrected chi connectivity index (χ1v) is 8.78. The van der Waals surface area contributed by atoms with Crippen molar-refractivity contribution in [2.45, 2.75) is 46.7 Å². The largest absolute Gasteiger partial charge is 0.496 e. The number of para-hydroxylation sites is 1. The smallest absolute Gasteiger partial charge is 0.465 e. The number of nitrogens with zero attached hydrogens (tertiary/aromatic N) is 2. The van der Waals surface area contributed by atoms with Gasteiger partial charge >= 0.3 is 13.2 Å². The topological polar surface area (TPSA) is 87.7 Å². The van der Waals surface area contributed by atoms with Gasteiger partial charge in [-0.3, -0.25) is 4.90 Å². The molecule has 1 amide bonds. The summed E-state index contributed by atoms with van der Waals surface area (Å²) in [5, 5.41) is 9.50. The molecule has 140 valence electrons. The summed E-state index contributed by atoms with van der Waals surface area (Å²) < 4.78 is 11.8. The Labute approximate surface area is 153 Å². The Hall–Kier alpha value is -2.06. The molecule has 2 aromatic rings. The van der Waals surface area contributed by atoms with Crippen LogP contribution in [0.25, 0.3) is 11.0 Å². The first-order valence-electron chi connectivity index (χ1n) is 8.78. The lowest BCUT2D eigenvalue weighted by molar-refractivity contribution is 0.0344. The maximum Gasteiger partial charge on any atom is 0.496 e. The van der Waals surface area contributed by atoms with Gasteiger partial charge in [0.15, 0.2) is 0 Å². The van der Waals surface area contributed by atoms with E-state index in [-0.39, 0.29) is 12.0 Å². The number of fused-ring (bicyclic) bond motifs is 1. The van der Waals surface area contributed by atoms with Gasteiger partial charge in [-0.1, -0.05) is 26.0 Å². The van der Waals surface area contributed by atoms with Gasteiger partial charge in [-0.2, -0.15) is 0 Å². The molecule has 2 N–H and O–H groups in total. The van der Waals surface area contributed by atoms with E-state index in [0.717, 1.165) is 16.5 Å². The van der Waals surface area contributed by atoms with Crippen molar-refractivity contribution in [2.24, 2.45) is 5.41 Å². The second-order valence-electron chi connectivity index (χ2n) is 8.58. The lowest BCUT2D eigenvalue weighted by atomic mass is 9.75. The molecule has 0 atom stereocenters. The highest BCUT2D eigenvalue weighted by molar-refractivity contribution is 6.64. The predicted octanol–water partition coefficient (Wildman–Crippen LogP) is 2.61. The Morgan fingerprint density at radius 1 is 1.35 bits per heavy atom. The average molecular weight is 359 g/mol. The molecule has 1 aliphatic heterocycles. The first-order chi connectivity index (χ1) is 12.1. The number of amides is 1. The van der Waals surface area contributed by atoms with Crippen LogP contribution in [0.1, 0.15) is 40.4 Å². The Kier molecular flexibility index (Phi) is 4.75. The highest BCUT2D eigenvalue weighted by atomic mass is 16.6. The molecular weight excluding hydrogens is 333 g/mol. The molecule has 1 saturated heterocycles. The summed E-state index contributed by atoms with van der Waals surface area (Å²) >= 11 is 0. The van der Waals surface area contributed by atoms with Crippen molar-refractivity contribution < 1.29 is 19.2 Å². The predicted molar refractivity (Wildman–Crippen MR) is 100 cm³/mol. The van der Waals surface area contributed by atoms with Gasteiger partial charge in [-0.15, -0.1) is 0 Å². The number of aromatic amines is 1. The Bertz CT molecular complexity index is 802. The zero-order valence-electron chi connectivity index (χ0n) is 16.0.